The minimum Gasteiger partial charge on any atom is -0.453 e. The molecular weight excluding hydrogens is 352 g/mol. The molecule has 1 N–H and O–H groups in total. The van der Waals surface area contributed by atoms with Crippen LogP contribution in [0, 0.1) is 11.3 Å². The van der Waals surface area contributed by atoms with Crippen molar-refractivity contribution in [2.45, 2.75) is 39.0 Å². The fourth-order valence-electron chi connectivity index (χ4n) is 3.18. The minimum atomic E-state index is -0.360. The summed E-state index contributed by atoms with van der Waals surface area (Å²) in [7, 11) is 0. The van der Waals surface area contributed by atoms with Gasteiger partial charge in [0.1, 0.15) is 12.0 Å². The van der Waals surface area contributed by atoms with Crippen molar-refractivity contribution >= 4 is 28.3 Å². The van der Waals surface area contributed by atoms with E-state index in [-0.39, 0.29) is 23.9 Å². The fraction of sp³-hybridized carbons (Fsp3) is 0.261. The molecule has 0 saturated heterocycles. The molecule has 3 rings (SSSR count). The van der Waals surface area contributed by atoms with Crippen LogP contribution in [0.15, 0.2) is 52.9 Å². The lowest BCUT2D eigenvalue weighted by atomic mass is 9.95. The van der Waals surface area contributed by atoms with E-state index in [1.807, 2.05) is 30.3 Å². The topological polar surface area (TPSA) is 83.1 Å². The molecule has 5 nitrogen and oxygen atoms in total. The van der Waals surface area contributed by atoms with Crippen LogP contribution in [0.3, 0.4) is 0 Å². The Morgan fingerprint density at radius 1 is 1.14 bits per heavy atom. The van der Waals surface area contributed by atoms with E-state index in [0.717, 1.165) is 12.8 Å². The molecule has 5 heteroatoms. The highest BCUT2D eigenvalue weighted by atomic mass is 16.3. The van der Waals surface area contributed by atoms with Crippen LogP contribution in [-0.4, -0.2) is 11.7 Å². The number of hydrogen-bond acceptors (Lipinski definition) is 4. The van der Waals surface area contributed by atoms with Crippen LogP contribution in [0.5, 0.6) is 0 Å². The third-order valence-corrected chi connectivity index (χ3v) is 4.75. The van der Waals surface area contributed by atoms with Crippen molar-refractivity contribution in [3.63, 3.8) is 0 Å². The SMILES string of the molecule is CCCC(C)c1ccc(C(=O)Nc2ccc3oc(C(=O)CC#N)cc3c2)cc1. The summed E-state index contributed by atoms with van der Waals surface area (Å²) in [5, 5.41) is 12.2. The molecule has 142 valence electrons. The number of benzene rings is 2. The van der Waals surface area contributed by atoms with E-state index in [0.29, 0.717) is 28.1 Å². The number of carbonyl (C=O) groups excluding carboxylic acids is 2. The summed E-state index contributed by atoms with van der Waals surface area (Å²) in [6, 6.07) is 16.3. The second-order valence-corrected chi connectivity index (χ2v) is 6.89. The number of Topliss-reactive ketones (excluding diaryl/α,β-unsaturated/α-hetero) is 1. The minimum absolute atomic E-state index is 0.150. The van der Waals surface area contributed by atoms with Gasteiger partial charge in [-0.3, -0.25) is 9.59 Å². The zero-order valence-corrected chi connectivity index (χ0v) is 16.0. The molecule has 1 heterocycles. The van der Waals surface area contributed by atoms with Gasteiger partial charge in [0.15, 0.2) is 5.76 Å². The molecule has 2 aromatic carbocycles. The lowest BCUT2D eigenvalue weighted by molar-refractivity contribution is 0.0972. The molecular formula is C23H22N2O3. The average Bonchev–Trinajstić information content (AvgIpc) is 3.12. The standard InChI is InChI=1S/C23H22N2O3/c1-3-4-15(2)16-5-7-17(8-6-16)23(27)25-19-9-10-21-18(13-19)14-22(28-21)20(26)11-12-24/h5-10,13-15H,3-4,11H2,1-2H3,(H,25,27). The van der Waals surface area contributed by atoms with Gasteiger partial charge in [-0.25, -0.2) is 0 Å². The molecule has 0 radical (unpaired) electrons. The van der Waals surface area contributed by atoms with E-state index >= 15 is 0 Å². The number of furan rings is 1. The Balaban J connectivity index is 1.74. The van der Waals surface area contributed by atoms with Crippen LogP contribution in [0.1, 0.15) is 65.5 Å². The summed E-state index contributed by atoms with van der Waals surface area (Å²) in [6.07, 6.45) is 2.02. The van der Waals surface area contributed by atoms with Gasteiger partial charge in [0.25, 0.3) is 5.91 Å². The first-order valence-electron chi connectivity index (χ1n) is 9.37. The molecule has 0 aliphatic heterocycles. The molecule has 0 saturated carbocycles. The summed E-state index contributed by atoms with van der Waals surface area (Å²) in [6.45, 7) is 4.35. The molecule has 1 amide bonds. The molecule has 0 spiro atoms. The number of ketones is 1. The second kappa shape index (κ2) is 8.53. The maximum atomic E-state index is 12.5. The molecule has 1 unspecified atom stereocenters. The smallest absolute Gasteiger partial charge is 0.255 e. The van der Waals surface area contributed by atoms with Gasteiger partial charge in [-0.1, -0.05) is 32.4 Å². The second-order valence-electron chi connectivity index (χ2n) is 6.89. The van der Waals surface area contributed by atoms with Crippen LogP contribution >= 0.6 is 0 Å². The number of carbonyl (C=O) groups is 2. The average molecular weight is 374 g/mol. The van der Waals surface area contributed by atoms with Crippen LogP contribution < -0.4 is 5.32 Å². The first-order chi connectivity index (χ1) is 13.5. The number of nitrogens with zero attached hydrogens (tertiary/aromatic N) is 1. The molecule has 1 atom stereocenters. The summed E-state index contributed by atoms with van der Waals surface area (Å²) in [4.78, 5) is 24.3. The van der Waals surface area contributed by atoms with Gasteiger partial charge in [0, 0.05) is 16.6 Å². The summed E-state index contributed by atoms with van der Waals surface area (Å²) in [5.74, 6) is 0.0698. The fourth-order valence-corrected chi connectivity index (χ4v) is 3.18. The first kappa shape index (κ1) is 19.4. The Bertz CT molecular complexity index is 1040. The van der Waals surface area contributed by atoms with Gasteiger partial charge in [-0.05, 0) is 54.3 Å². The van der Waals surface area contributed by atoms with Crippen molar-refractivity contribution in [1.29, 1.82) is 5.26 Å². The molecule has 1 aromatic heterocycles. The van der Waals surface area contributed by atoms with Gasteiger partial charge >= 0.3 is 0 Å². The van der Waals surface area contributed by atoms with Crippen molar-refractivity contribution in [2.24, 2.45) is 0 Å². The summed E-state index contributed by atoms with van der Waals surface area (Å²) < 4.78 is 5.47. The Labute approximate surface area is 164 Å². The third-order valence-electron chi connectivity index (χ3n) is 4.75. The van der Waals surface area contributed by atoms with E-state index in [4.69, 9.17) is 9.68 Å². The van der Waals surface area contributed by atoms with Crippen molar-refractivity contribution < 1.29 is 14.0 Å². The first-order valence-corrected chi connectivity index (χ1v) is 9.37. The number of fused-ring (bicyclic) bond motifs is 1. The number of rotatable bonds is 7. The predicted octanol–water partition coefficient (Wildman–Crippen LogP) is 5.69. The molecule has 0 aliphatic carbocycles. The summed E-state index contributed by atoms with van der Waals surface area (Å²) in [5.41, 5.74) is 2.96. The Morgan fingerprint density at radius 3 is 2.57 bits per heavy atom. The number of nitrogens with one attached hydrogen (secondary N) is 1. The Hall–Kier alpha value is -3.39. The van der Waals surface area contributed by atoms with Crippen molar-refractivity contribution in [1.82, 2.24) is 0 Å². The van der Waals surface area contributed by atoms with Gasteiger partial charge in [0.05, 0.1) is 6.07 Å². The number of anilines is 1. The Morgan fingerprint density at radius 2 is 1.89 bits per heavy atom. The lowest BCUT2D eigenvalue weighted by Crippen LogP contribution is -2.11. The zero-order valence-electron chi connectivity index (χ0n) is 16.0. The largest absolute Gasteiger partial charge is 0.453 e. The van der Waals surface area contributed by atoms with Gasteiger partial charge in [-0.15, -0.1) is 0 Å². The van der Waals surface area contributed by atoms with Crippen LogP contribution in [-0.2, 0) is 0 Å². The Kier molecular flexibility index (Phi) is 5.90. The lowest BCUT2D eigenvalue weighted by Gasteiger charge is -2.11. The highest BCUT2D eigenvalue weighted by Gasteiger charge is 2.13. The number of hydrogen-bond donors (Lipinski definition) is 1. The quantitative estimate of drug-likeness (QED) is 0.539. The van der Waals surface area contributed by atoms with Gasteiger partial charge in [-0.2, -0.15) is 5.26 Å². The monoisotopic (exact) mass is 374 g/mol. The molecule has 0 fully saturated rings. The third kappa shape index (κ3) is 4.29. The van der Waals surface area contributed by atoms with Crippen molar-refractivity contribution in [3.8, 4) is 6.07 Å². The van der Waals surface area contributed by atoms with Crippen LogP contribution in [0.25, 0.3) is 11.0 Å². The maximum absolute atomic E-state index is 12.5. The maximum Gasteiger partial charge on any atom is 0.255 e. The van der Waals surface area contributed by atoms with E-state index < -0.39 is 0 Å². The van der Waals surface area contributed by atoms with E-state index in [1.54, 1.807) is 24.3 Å². The number of nitriles is 1. The van der Waals surface area contributed by atoms with Gasteiger partial charge in [0.2, 0.25) is 5.78 Å². The predicted molar refractivity (Wildman–Crippen MR) is 108 cm³/mol. The van der Waals surface area contributed by atoms with E-state index in [1.165, 1.54) is 5.56 Å². The highest BCUT2D eigenvalue weighted by molar-refractivity contribution is 6.05. The molecule has 0 aliphatic rings. The van der Waals surface area contributed by atoms with E-state index in [2.05, 4.69) is 19.2 Å². The van der Waals surface area contributed by atoms with Gasteiger partial charge < -0.3 is 9.73 Å². The molecule has 28 heavy (non-hydrogen) atoms. The molecule has 3 aromatic rings. The summed E-state index contributed by atoms with van der Waals surface area (Å²) >= 11 is 0. The zero-order chi connectivity index (χ0) is 20.1. The van der Waals surface area contributed by atoms with E-state index in [9.17, 15) is 9.59 Å². The number of amides is 1. The van der Waals surface area contributed by atoms with Crippen molar-refractivity contribution in [3.05, 3.63) is 65.4 Å². The molecule has 0 bridgehead atoms. The van der Waals surface area contributed by atoms with Crippen LogP contribution in [0.2, 0.25) is 0 Å². The van der Waals surface area contributed by atoms with Crippen LogP contribution in [0.4, 0.5) is 5.69 Å². The van der Waals surface area contributed by atoms with Crippen molar-refractivity contribution in [2.75, 3.05) is 5.32 Å². The normalized spacial score (nSPS) is 11.8. The highest BCUT2D eigenvalue weighted by Crippen LogP contribution is 2.25.